The number of halogens is 1. The lowest BCUT2D eigenvalue weighted by Gasteiger charge is -2.31. The van der Waals surface area contributed by atoms with Crippen LogP contribution in [0.4, 0.5) is 17.3 Å². The number of likely N-dealkylation sites (tertiary alicyclic amines) is 1. The van der Waals surface area contributed by atoms with Crippen LogP contribution in [0, 0.1) is 0 Å². The van der Waals surface area contributed by atoms with Gasteiger partial charge >= 0.3 is 0 Å². The summed E-state index contributed by atoms with van der Waals surface area (Å²) in [7, 11) is 0. The summed E-state index contributed by atoms with van der Waals surface area (Å²) in [5.74, 6) is 3.02. The number of pyridine rings is 1. The maximum absolute atomic E-state index is 12.0. The van der Waals surface area contributed by atoms with Gasteiger partial charge in [0.15, 0.2) is 0 Å². The smallest absolute Gasteiger partial charge is 0.245 e. The van der Waals surface area contributed by atoms with E-state index in [2.05, 4.69) is 37.1 Å². The van der Waals surface area contributed by atoms with Crippen LogP contribution < -0.4 is 15.4 Å². The SMILES string of the molecule is C=CC(=O)N1CCC(c2c[nH]c3ncnc(Nc4ccc(Oc5ccnc(NC6CCCC6)c5)c(Cl)c4)c23)CC1. The highest BCUT2D eigenvalue weighted by molar-refractivity contribution is 6.32. The van der Waals surface area contributed by atoms with E-state index in [1.807, 2.05) is 41.4 Å². The van der Waals surface area contributed by atoms with Gasteiger partial charge in [0, 0.05) is 43.3 Å². The van der Waals surface area contributed by atoms with Gasteiger partial charge in [-0.2, -0.15) is 0 Å². The first kappa shape index (κ1) is 26.1. The molecule has 1 aliphatic carbocycles. The Morgan fingerprint density at radius 2 is 1.93 bits per heavy atom. The molecule has 1 aliphatic heterocycles. The monoisotopic (exact) mass is 557 g/mol. The first-order valence-electron chi connectivity index (χ1n) is 13.8. The fourth-order valence-corrected chi connectivity index (χ4v) is 5.92. The first-order valence-corrected chi connectivity index (χ1v) is 14.2. The molecule has 1 saturated carbocycles. The number of benzene rings is 1. The Balaban J connectivity index is 1.17. The van der Waals surface area contributed by atoms with Gasteiger partial charge in [-0.05, 0) is 67.5 Å². The second-order valence-electron chi connectivity index (χ2n) is 10.4. The zero-order valence-corrected chi connectivity index (χ0v) is 23.0. The molecule has 1 aromatic carbocycles. The third kappa shape index (κ3) is 5.60. The van der Waals surface area contributed by atoms with Gasteiger partial charge in [0.1, 0.15) is 35.1 Å². The number of amides is 1. The van der Waals surface area contributed by atoms with Gasteiger partial charge in [-0.25, -0.2) is 15.0 Å². The van der Waals surface area contributed by atoms with Gasteiger partial charge < -0.3 is 25.3 Å². The van der Waals surface area contributed by atoms with E-state index in [1.165, 1.54) is 38.1 Å². The van der Waals surface area contributed by atoms with E-state index >= 15 is 0 Å². The summed E-state index contributed by atoms with van der Waals surface area (Å²) in [6, 6.07) is 9.79. The van der Waals surface area contributed by atoms with Crippen LogP contribution in [0.3, 0.4) is 0 Å². The summed E-state index contributed by atoms with van der Waals surface area (Å²) >= 11 is 6.65. The molecule has 3 N–H and O–H groups in total. The van der Waals surface area contributed by atoms with Crippen molar-refractivity contribution in [1.29, 1.82) is 0 Å². The number of piperidine rings is 1. The van der Waals surface area contributed by atoms with E-state index < -0.39 is 0 Å². The Kier molecular flexibility index (Phi) is 7.55. The molecule has 9 nitrogen and oxygen atoms in total. The third-order valence-corrected chi connectivity index (χ3v) is 8.08. The van der Waals surface area contributed by atoms with Crippen LogP contribution in [0.5, 0.6) is 11.5 Å². The second-order valence-corrected chi connectivity index (χ2v) is 10.8. The molecule has 40 heavy (non-hydrogen) atoms. The Morgan fingerprint density at radius 3 is 2.70 bits per heavy atom. The van der Waals surface area contributed by atoms with Crippen molar-refractivity contribution < 1.29 is 9.53 Å². The molecular weight excluding hydrogens is 526 g/mol. The van der Waals surface area contributed by atoms with Crippen LogP contribution in [-0.4, -0.2) is 49.9 Å². The largest absolute Gasteiger partial charge is 0.456 e. The van der Waals surface area contributed by atoms with Crippen LogP contribution in [0.2, 0.25) is 5.02 Å². The molecule has 4 aromatic rings. The molecular formula is C30H32ClN7O2. The molecule has 0 radical (unpaired) electrons. The molecule has 3 aromatic heterocycles. The summed E-state index contributed by atoms with van der Waals surface area (Å²) in [6.07, 6.45) is 13.3. The van der Waals surface area contributed by atoms with Crippen molar-refractivity contribution in [3.63, 3.8) is 0 Å². The van der Waals surface area contributed by atoms with E-state index in [4.69, 9.17) is 16.3 Å². The Hall–Kier alpha value is -4.11. The van der Waals surface area contributed by atoms with Gasteiger partial charge in [-0.15, -0.1) is 0 Å². The predicted molar refractivity (Wildman–Crippen MR) is 158 cm³/mol. The molecule has 4 heterocycles. The molecule has 6 rings (SSSR count). The minimum atomic E-state index is -0.0162. The Labute approximate surface area is 238 Å². The van der Waals surface area contributed by atoms with Gasteiger partial charge in [0.25, 0.3) is 0 Å². The zero-order chi connectivity index (χ0) is 27.5. The first-order chi connectivity index (χ1) is 19.6. The summed E-state index contributed by atoms with van der Waals surface area (Å²) in [5, 5.41) is 8.35. The van der Waals surface area contributed by atoms with Crippen LogP contribution in [0.25, 0.3) is 11.0 Å². The fourth-order valence-electron chi connectivity index (χ4n) is 5.70. The van der Waals surface area contributed by atoms with Crippen molar-refractivity contribution in [2.75, 3.05) is 23.7 Å². The predicted octanol–water partition coefficient (Wildman–Crippen LogP) is 6.79. The highest BCUT2D eigenvalue weighted by atomic mass is 35.5. The lowest BCUT2D eigenvalue weighted by Crippen LogP contribution is -2.36. The number of hydrogen-bond donors (Lipinski definition) is 3. The number of anilines is 3. The molecule has 206 valence electrons. The van der Waals surface area contributed by atoms with Gasteiger partial charge in [0.05, 0.1) is 10.4 Å². The maximum Gasteiger partial charge on any atom is 0.245 e. The summed E-state index contributed by atoms with van der Waals surface area (Å²) in [4.78, 5) is 30.6. The number of fused-ring (bicyclic) bond motifs is 1. The normalized spacial score (nSPS) is 16.3. The van der Waals surface area contributed by atoms with Gasteiger partial charge in [-0.3, -0.25) is 4.79 Å². The minimum Gasteiger partial charge on any atom is -0.456 e. The fraction of sp³-hybridized carbons (Fsp3) is 0.333. The van der Waals surface area contributed by atoms with E-state index in [1.54, 1.807) is 6.20 Å². The van der Waals surface area contributed by atoms with Crippen LogP contribution in [-0.2, 0) is 4.79 Å². The summed E-state index contributed by atoms with van der Waals surface area (Å²) < 4.78 is 6.10. The summed E-state index contributed by atoms with van der Waals surface area (Å²) in [5.41, 5.74) is 2.70. The number of nitrogens with one attached hydrogen (secondary N) is 3. The second kappa shape index (κ2) is 11.6. The molecule has 2 fully saturated rings. The van der Waals surface area contributed by atoms with Crippen molar-refractivity contribution in [2.45, 2.75) is 50.5 Å². The summed E-state index contributed by atoms with van der Waals surface area (Å²) in [6.45, 7) is 5.01. The molecule has 0 spiro atoms. The number of carbonyl (C=O) groups is 1. The highest BCUT2D eigenvalue weighted by Crippen LogP contribution is 2.38. The lowest BCUT2D eigenvalue weighted by molar-refractivity contribution is -0.127. The Morgan fingerprint density at radius 1 is 1.10 bits per heavy atom. The average molecular weight is 558 g/mol. The van der Waals surface area contributed by atoms with Crippen LogP contribution in [0.15, 0.2) is 61.7 Å². The van der Waals surface area contributed by atoms with E-state index in [0.717, 1.165) is 40.9 Å². The number of carbonyl (C=O) groups excluding carboxylic acids is 1. The molecule has 1 saturated heterocycles. The third-order valence-electron chi connectivity index (χ3n) is 7.78. The van der Waals surface area contributed by atoms with E-state index in [0.29, 0.717) is 47.4 Å². The average Bonchev–Trinajstić information content (AvgIpc) is 3.65. The maximum atomic E-state index is 12.0. The molecule has 0 atom stereocenters. The van der Waals surface area contributed by atoms with Gasteiger partial charge in [0.2, 0.25) is 5.91 Å². The molecule has 10 heteroatoms. The number of hydrogen-bond acceptors (Lipinski definition) is 7. The van der Waals surface area contributed by atoms with Crippen molar-refractivity contribution in [3.8, 4) is 11.5 Å². The number of ether oxygens (including phenoxy) is 1. The number of aromatic nitrogens is 4. The molecule has 2 aliphatic rings. The Bertz CT molecular complexity index is 1520. The van der Waals surface area contributed by atoms with Crippen molar-refractivity contribution in [3.05, 3.63) is 72.3 Å². The van der Waals surface area contributed by atoms with Crippen LogP contribution in [0.1, 0.15) is 50.0 Å². The van der Waals surface area contributed by atoms with Crippen molar-refractivity contribution >= 4 is 45.9 Å². The number of aromatic amines is 1. The lowest BCUT2D eigenvalue weighted by atomic mass is 9.89. The topological polar surface area (TPSA) is 108 Å². The van der Waals surface area contributed by atoms with E-state index in [9.17, 15) is 4.79 Å². The quantitative estimate of drug-likeness (QED) is 0.205. The van der Waals surface area contributed by atoms with Crippen LogP contribution >= 0.6 is 11.6 Å². The minimum absolute atomic E-state index is 0.0162. The van der Waals surface area contributed by atoms with Crippen molar-refractivity contribution in [1.82, 2.24) is 24.8 Å². The number of nitrogens with zero attached hydrogens (tertiary/aromatic N) is 4. The number of rotatable bonds is 8. The number of H-pyrrole nitrogens is 1. The van der Waals surface area contributed by atoms with E-state index in [-0.39, 0.29) is 5.91 Å². The van der Waals surface area contributed by atoms with Gasteiger partial charge in [-0.1, -0.05) is 31.0 Å². The molecule has 1 amide bonds. The highest BCUT2D eigenvalue weighted by Gasteiger charge is 2.26. The molecule has 0 bridgehead atoms. The standard InChI is InChI=1S/C30H32ClN7O2/c1-2-27(39)38-13-10-19(11-14-38)23-17-33-29-28(23)30(35-18-34-29)37-21-7-8-25(24(31)15-21)40-22-9-12-32-26(16-22)36-20-5-3-4-6-20/h2,7-9,12,15-20H,1,3-6,10-11,13-14H2,(H,32,36)(H2,33,34,35,37). The van der Waals surface area contributed by atoms with Crippen molar-refractivity contribution in [2.24, 2.45) is 0 Å². The molecule has 0 unspecified atom stereocenters. The zero-order valence-electron chi connectivity index (χ0n) is 22.2.